The second-order valence-corrected chi connectivity index (χ2v) is 1.56. The maximum atomic E-state index is 8.58. The first-order chi connectivity index (χ1) is 2.00. The fraction of sp³-hybridized carbons (Fsp3) is 0. The first kappa shape index (κ1) is 16.7. The fourth-order valence-corrected chi connectivity index (χ4v) is 0. The van der Waals surface area contributed by atoms with Crippen LogP contribution in [0.5, 0.6) is 0 Å². The van der Waals surface area contributed by atoms with Crippen LogP contribution in [0.15, 0.2) is 0 Å². The summed E-state index contributed by atoms with van der Waals surface area (Å²) < 4.78 is 34.3. The van der Waals surface area contributed by atoms with E-state index in [1.54, 1.807) is 0 Å². The van der Waals surface area contributed by atoms with Gasteiger partial charge in [0, 0.05) is 0 Å². The van der Waals surface area contributed by atoms with E-state index >= 15 is 0 Å². The second-order valence-electron chi connectivity index (χ2n) is 0.378. The van der Waals surface area contributed by atoms with Gasteiger partial charge in [-0.1, -0.05) is 0 Å². The molecule has 0 aliphatic rings. The molecule has 0 fully saturated rings. The van der Waals surface area contributed by atoms with Gasteiger partial charge in [0.05, 0.1) is 0 Å². The third kappa shape index (κ3) is 45.4. The van der Waals surface area contributed by atoms with Crippen LogP contribution in [0.25, 0.3) is 0 Å². The average molecular weight is 197 g/mol. The van der Waals surface area contributed by atoms with Crippen LogP contribution >= 0.6 is 0 Å². The summed E-state index contributed by atoms with van der Waals surface area (Å²) >= 11 is -5.62. The van der Waals surface area contributed by atoms with Crippen LogP contribution in [-0.2, 0) is 21.0 Å². The van der Waals surface area contributed by atoms with Crippen molar-refractivity contribution in [3.8, 4) is 0 Å². The zero-order valence-corrected chi connectivity index (χ0v) is 11.4. The molecule has 0 amide bonds. The molecule has 0 rings (SSSR count). The molecule has 0 aromatic carbocycles. The van der Waals surface area contributed by atoms with Gasteiger partial charge < -0.3 is 0 Å². The van der Waals surface area contributed by atoms with E-state index in [2.05, 4.69) is 0 Å². The van der Waals surface area contributed by atoms with Crippen LogP contribution in [0.4, 0.5) is 0 Å². The fourth-order valence-electron chi connectivity index (χ4n) is 0. The molecule has 7 heteroatoms. The summed E-state index contributed by atoms with van der Waals surface area (Å²) in [5.41, 5.74) is 0. The predicted molar refractivity (Wildman–Crippen MR) is 1.37 cm³/mol. The quantitative estimate of drug-likeness (QED) is 0.361. The molecule has 33 valence electrons. The van der Waals surface area contributed by atoms with Gasteiger partial charge in [0.15, 0.2) is 0 Å². The molecule has 4 nitrogen and oxygen atoms in total. The Bertz CT molecular complexity index is 92.9. The molecule has 0 spiro atoms. The minimum atomic E-state index is -5.62. The van der Waals surface area contributed by atoms with Crippen molar-refractivity contribution in [3.63, 3.8) is 0 Å². The van der Waals surface area contributed by atoms with Crippen LogP contribution < -0.4 is 111 Å². The van der Waals surface area contributed by atoms with E-state index in [-0.39, 0.29) is 103 Å². The van der Waals surface area contributed by atoms with Crippen molar-refractivity contribution < 1.29 is 132 Å². The van der Waals surface area contributed by atoms with Gasteiger partial charge in [-0.15, -0.1) is 0 Å². The predicted octanol–water partition coefficient (Wildman–Crippen LogP) is -8.61. The zero-order chi connectivity index (χ0) is 4.50. The Morgan fingerprint density at radius 2 is 1.00 bits per heavy atom. The molecule has 0 heterocycles. The molecular formula is K2MnO4. The van der Waals surface area contributed by atoms with Crippen LogP contribution in [-0.4, -0.2) is 0 Å². The summed E-state index contributed by atoms with van der Waals surface area (Å²) in [4.78, 5) is 0. The molecule has 0 bridgehead atoms. The van der Waals surface area contributed by atoms with Crippen molar-refractivity contribution in [2.75, 3.05) is 0 Å². The molecule has 0 saturated heterocycles. The minimum absolute atomic E-state index is 0. The summed E-state index contributed by atoms with van der Waals surface area (Å²) in [6.07, 6.45) is 0. The van der Waals surface area contributed by atoms with E-state index in [0.717, 1.165) is 0 Å². The van der Waals surface area contributed by atoms with Gasteiger partial charge in [-0.25, -0.2) is 0 Å². The van der Waals surface area contributed by atoms with Gasteiger partial charge in [0.2, 0.25) is 0 Å². The molecule has 0 radical (unpaired) electrons. The zero-order valence-electron chi connectivity index (χ0n) is 4.01. The van der Waals surface area contributed by atoms with Crippen LogP contribution in [0.2, 0.25) is 0 Å². The standard InChI is InChI=1S/2K.Mn.4O/q2*+1;;;;2*-1. The van der Waals surface area contributed by atoms with Crippen molar-refractivity contribution in [1.29, 1.82) is 0 Å². The van der Waals surface area contributed by atoms with Gasteiger partial charge >= 0.3 is 132 Å². The molecule has 0 N–H and O–H groups in total. The Morgan fingerprint density at radius 3 is 1.00 bits per heavy atom. The molecule has 0 aromatic rings. The average Bonchev–Trinajstić information content (AvgIpc) is 0.722. The van der Waals surface area contributed by atoms with Gasteiger partial charge in [0.25, 0.3) is 0 Å². The van der Waals surface area contributed by atoms with E-state index in [0.29, 0.717) is 0 Å². The van der Waals surface area contributed by atoms with Gasteiger partial charge in [-0.2, -0.15) is 0 Å². The summed E-state index contributed by atoms with van der Waals surface area (Å²) in [5.74, 6) is 0. The summed E-state index contributed by atoms with van der Waals surface area (Å²) in [6, 6.07) is 0. The third-order valence-corrected chi connectivity index (χ3v) is 0. The summed E-state index contributed by atoms with van der Waals surface area (Å²) in [6.45, 7) is 0. The number of hydrogen-bond acceptors (Lipinski definition) is 4. The Morgan fingerprint density at radius 1 is 1.00 bits per heavy atom. The van der Waals surface area contributed by atoms with Crippen molar-refractivity contribution in [3.05, 3.63) is 0 Å². The van der Waals surface area contributed by atoms with Crippen molar-refractivity contribution >= 4 is 0 Å². The normalized spacial score (nSPS) is 8.29. The van der Waals surface area contributed by atoms with Crippen molar-refractivity contribution in [2.24, 2.45) is 0 Å². The number of hydrogen-bond donors (Lipinski definition) is 0. The molecule has 0 unspecified atom stereocenters. The molecule has 0 aromatic heterocycles. The maximum absolute atomic E-state index is 8.58. The van der Waals surface area contributed by atoms with Gasteiger partial charge in [0.1, 0.15) is 0 Å². The molecule has 7 heavy (non-hydrogen) atoms. The van der Waals surface area contributed by atoms with E-state index in [1.807, 2.05) is 0 Å². The van der Waals surface area contributed by atoms with E-state index in [9.17, 15) is 0 Å². The Labute approximate surface area is 128 Å². The van der Waals surface area contributed by atoms with Crippen LogP contribution in [0, 0.1) is 0 Å². The van der Waals surface area contributed by atoms with Crippen molar-refractivity contribution in [1.82, 2.24) is 0 Å². The molecular weight excluding hydrogens is 197 g/mol. The third-order valence-electron chi connectivity index (χ3n) is 0. The van der Waals surface area contributed by atoms with Gasteiger partial charge in [-0.3, -0.25) is 0 Å². The van der Waals surface area contributed by atoms with Gasteiger partial charge in [-0.05, 0) is 0 Å². The Hall–Kier alpha value is 3.31. The first-order valence-electron chi connectivity index (χ1n) is 0.617. The monoisotopic (exact) mass is 197 g/mol. The second kappa shape index (κ2) is 7.42. The Balaban J connectivity index is -0.0000000800. The van der Waals surface area contributed by atoms with E-state index in [1.165, 1.54) is 0 Å². The molecule has 0 atom stereocenters. The molecule has 0 aliphatic carbocycles. The Kier molecular flexibility index (Phi) is 17.7. The topological polar surface area (TPSA) is 80.3 Å². The SMILES string of the molecule is [K+].[K+].[O]=[Mn](=[O])([O-])[O-]. The summed E-state index contributed by atoms with van der Waals surface area (Å²) in [5, 5.41) is 0. The van der Waals surface area contributed by atoms with Crippen LogP contribution in [0.3, 0.4) is 0 Å². The van der Waals surface area contributed by atoms with E-state index in [4.69, 9.17) is 16.0 Å². The molecule has 0 saturated carbocycles. The molecule has 0 aliphatic heterocycles. The summed E-state index contributed by atoms with van der Waals surface area (Å²) in [7, 11) is 0. The van der Waals surface area contributed by atoms with Crippen LogP contribution in [0.1, 0.15) is 0 Å². The van der Waals surface area contributed by atoms with Crippen molar-refractivity contribution in [2.45, 2.75) is 0 Å². The number of rotatable bonds is 0. The van der Waals surface area contributed by atoms with E-state index < -0.39 is 13.4 Å². The first-order valence-corrected chi connectivity index (χ1v) is 2.54.